The molecule has 0 fully saturated rings. The molecule has 0 saturated carbocycles. The first-order valence-corrected chi connectivity index (χ1v) is 6.87. The molecule has 1 N–H and O–H groups in total. The second-order valence-corrected chi connectivity index (χ2v) is 5.64. The first kappa shape index (κ1) is 13.1. The molecule has 0 amide bonds. The van der Waals surface area contributed by atoms with Crippen molar-refractivity contribution in [2.75, 3.05) is 5.32 Å². The van der Waals surface area contributed by atoms with Gasteiger partial charge in [0.1, 0.15) is 0 Å². The van der Waals surface area contributed by atoms with Crippen LogP contribution in [0.5, 0.6) is 0 Å². The third-order valence-electron chi connectivity index (χ3n) is 2.31. The standard InChI is InChI=1S/C12H14ClN3OS/c1-8(2)15-9-5-12(17)16(14-6-9)7-11-10(13)3-4-18-11/h3-6,8,15H,7H2,1-2H3. The minimum absolute atomic E-state index is 0.134. The summed E-state index contributed by atoms with van der Waals surface area (Å²) in [5.74, 6) is 0. The summed E-state index contributed by atoms with van der Waals surface area (Å²) in [6.07, 6.45) is 1.66. The van der Waals surface area contributed by atoms with Crippen LogP contribution in [0, 0.1) is 0 Å². The molecule has 18 heavy (non-hydrogen) atoms. The highest BCUT2D eigenvalue weighted by atomic mass is 35.5. The number of thiophene rings is 1. The molecule has 0 radical (unpaired) electrons. The Hall–Kier alpha value is -1.33. The van der Waals surface area contributed by atoms with Gasteiger partial charge < -0.3 is 5.32 Å². The van der Waals surface area contributed by atoms with Crippen molar-refractivity contribution in [2.24, 2.45) is 0 Å². The monoisotopic (exact) mass is 283 g/mol. The smallest absolute Gasteiger partial charge is 0.269 e. The zero-order valence-corrected chi connectivity index (χ0v) is 11.8. The normalized spacial score (nSPS) is 10.9. The SMILES string of the molecule is CC(C)Nc1cnn(Cc2sccc2Cl)c(=O)c1. The van der Waals surface area contributed by atoms with Gasteiger partial charge in [0.05, 0.1) is 23.5 Å². The van der Waals surface area contributed by atoms with E-state index in [2.05, 4.69) is 10.4 Å². The van der Waals surface area contributed by atoms with Crippen LogP contribution in [0.3, 0.4) is 0 Å². The summed E-state index contributed by atoms with van der Waals surface area (Å²) in [5, 5.41) is 9.86. The third kappa shape index (κ3) is 3.11. The Morgan fingerprint density at radius 2 is 2.33 bits per heavy atom. The maximum absolute atomic E-state index is 11.9. The van der Waals surface area contributed by atoms with Crippen molar-refractivity contribution in [1.29, 1.82) is 0 Å². The van der Waals surface area contributed by atoms with E-state index in [1.54, 1.807) is 12.3 Å². The van der Waals surface area contributed by atoms with Gasteiger partial charge in [0, 0.05) is 17.0 Å². The summed E-state index contributed by atoms with van der Waals surface area (Å²) >= 11 is 7.52. The number of hydrogen-bond acceptors (Lipinski definition) is 4. The van der Waals surface area contributed by atoms with E-state index in [-0.39, 0.29) is 11.6 Å². The van der Waals surface area contributed by atoms with Crippen molar-refractivity contribution >= 4 is 28.6 Å². The van der Waals surface area contributed by atoms with Crippen LogP contribution in [-0.2, 0) is 6.54 Å². The zero-order chi connectivity index (χ0) is 13.1. The molecule has 2 heterocycles. The average molecular weight is 284 g/mol. The Balaban J connectivity index is 2.20. The topological polar surface area (TPSA) is 46.9 Å². The molecule has 0 aliphatic carbocycles. The highest BCUT2D eigenvalue weighted by molar-refractivity contribution is 7.10. The van der Waals surface area contributed by atoms with E-state index in [0.717, 1.165) is 10.6 Å². The fourth-order valence-electron chi connectivity index (χ4n) is 1.54. The van der Waals surface area contributed by atoms with Crippen molar-refractivity contribution in [3.63, 3.8) is 0 Å². The van der Waals surface area contributed by atoms with E-state index in [0.29, 0.717) is 11.6 Å². The van der Waals surface area contributed by atoms with Gasteiger partial charge in [0.25, 0.3) is 5.56 Å². The summed E-state index contributed by atoms with van der Waals surface area (Å²) in [7, 11) is 0. The molecule has 0 aromatic carbocycles. The van der Waals surface area contributed by atoms with Gasteiger partial charge in [-0.1, -0.05) is 11.6 Å². The predicted octanol–water partition coefficient (Wildman–Crippen LogP) is 2.83. The Morgan fingerprint density at radius 1 is 1.56 bits per heavy atom. The minimum Gasteiger partial charge on any atom is -0.381 e. The van der Waals surface area contributed by atoms with Crippen LogP contribution < -0.4 is 10.9 Å². The summed E-state index contributed by atoms with van der Waals surface area (Å²) in [4.78, 5) is 12.8. The second kappa shape index (κ2) is 5.54. The minimum atomic E-state index is -0.134. The molecular formula is C12H14ClN3OS. The Kier molecular flexibility index (Phi) is 4.04. The molecule has 4 nitrogen and oxygen atoms in total. The van der Waals surface area contributed by atoms with Crippen LogP contribution in [0.2, 0.25) is 5.02 Å². The molecule has 0 aliphatic rings. The largest absolute Gasteiger partial charge is 0.381 e. The van der Waals surface area contributed by atoms with Crippen molar-refractivity contribution in [1.82, 2.24) is 9.78 Å². The van der Waals surface area contributed by atoms with E-state index in [1.165, 1.54) is 16.0 Å². The van der Waals surface area contributed by atoms with E-state index in [9.17, 15) is 4.79 Å². The van der Waals surface area contributed by atoms with E-state index < -0.39 is 0 Å². The van der Waals surface area contributed by atoms with Gasteiger partial charge >= 0.3 is 0 Å². The number of nitrogens with one attached hydrogen (secondary N) is 1. The van der Waals surface area contributed by atoms with Crippen LogP contribution in [0.15, 0.2) is 28.5 Å². The van der Waals surface area contributed by atoms with Gasteiger partial charge in [-0.3, -0.25) is 4.79 Å². The lowest BCUT2D eigenvalue weighted by molar-refractivity contribution is 0.645. The highest BCUT2D eigenvalue weighted by Crippen LogP contribution is 2.22. The molecular weight excluding hydrogens is 270 g/mol. The quantitative estimate of drug-likeness (QED) is 0.938. The van der Waals surface area contributed by atoms with Gasteiger partial charge in [0.2, 0.25) is 0 Å². The van der Waals surface area contributed by atoms with E-state index in [4.69, 9.17) is 11.6 Å². The summed E-state index contributed by atoms with van der Waals surface area (Å²) in [6.45, 7) is 4.44. The fraction of sp³-hybridized carbons (Fsp3) is 0.333. The zero-order valence-electron chi connectivity index (χ0n) is 10.2. The molecule has 0 spiro atoms. The molecule has 6 heteroatoms. The van der Waals surface area contributed by atoms with Gasteiger partial charge in [-0.05, 0) is 25.3 Å². The number of anilines is 1. The lowest BCUT2D eigenvalue weighted by atomic mass is 10.3. The van der Waals surface area contributed by atoms with E-state index >= 15 is 0 Å². The van der Waals surface area contributed by atoms with Crippen molar-refractivity contribution in [2.45, 2.75) is 26.4 Å². The number of rotatable bonds is 4. The molecule has 2 aromatic rings. The van der Waals surface area contributed by atoms with Crippen LogP contribution in [0.25, 0.3) is 0 Å². The Morgan fingerprint density at radius 3 is 2.89 bits per heavy atom. The summed E-state index contributed by atoms with van der Waals surface area (Å²) < 4.78 is 1.41. The lowest BCUT2D eigenvalue weighted by Gasteiger charge is -2.10. The first-order valence-electron chi connectivity index (χ1n) is 5.62. The molecule has 0 unspecified atom stereocenters. The maximum atomic E-state index is 11.9. The molecule has 0 aliphatic heterocycles. The van der Waals surface area contributed by atoms with Gasteiger partial charge in [-0.2, -0.15) is 5.10 Å². The van der Waals surface area contributed by atoms with Crippen molar-refractivity contribution < 1.29 is 0 Å². The van der Waals surface area contributed by atoms with Gasteiger partial charge in [-0.15, -0.1) is 11.3 Å². The predicted molar refractivity (Wildman–Crippen MR) is 75.7 cm³/mol. The van der Waals surface area contributed by atoms with Crippen LogP contribution in [-0.4, -0.2) is 15.8 Å². The average Bonchev–Trinajstić information content (AvgIpc) is 2.67. The molecule has 0 atom stereocenters. The Labute approximate surface area is 114 Å². The fourth-order valence-corrected chi connectivity index (χ4v) is 2.62. The van der Waals surface area contributed by atoms with Gasteiger partial charge in [0.15, 0.2) is 0 Å². The van der Waals surface area contributed by atoms with Crippen molar-refractivity contribution in [3.8, 4) is 0 Å². The number of hydrogen-bond donors (Lipinski definition) is 1. The molecule has 2 aromatic heterocycles. The number of nitrogens with zero attached hydrogens (tertiary/aromatic N) is 2. The highest BCUT2D eigenvalue weighted by Gasteiger charge is 2.06. The number of halogens is 1. The summed E-state index contributed by atoms with van der Waals surface area (Å²) in [6, 6.07) is 3.64. The molecule has 2 rings (SSSR count). The lowest BCUT2D eigenvalue weighted by Crippen LogP contribution is -2.23. The molecule has 96 valence electrons. The molecule has 0 saturated heterocycles. The van der Waals surface area contributed by atoms with E-state index in [1.807, 2.05) is 25.3 Å². The summed E-state index contributed by atoms with van der Waals surface area (Å²) in [5.41, 5.74) is 0.605. The molecule has 0 bridgehead atoms. The maximum Gasteiger partial charge on any atom is 0.269 e. The van der Waals surface area contributed by atoms with Crippen LogP contribution in [0.4, 0.5) is 5.69 Å². The third-order valence-corrected chi connectivity index (χ3v) is 3.68. The van der Waals surface area contributed by atoms with Gasteiger partial charge in [-0.25, -0.2) is 4.68 Å². The van der Waals surface area contributed by atoms with Crippen LogP contribution in [0.1, 0.15) is 18.7 Å². The first-order chi connectivity index (χ1) is 8.56. The number of aromatic nitrogens is 2. The Bertz CT molecular complexity index is 591. The second-order valence-electron chi connectivity index (χ2n) is 4.23. The van der Waals surface area contributed by atoms with Crippen LogP contribution >= 0.6 is 22.9 Å². The van der Waals surface area contributed by atoms with Crippen molar-refractivity contribution in [3.05, 3.63) is 44.0 Å².